The van der Waals surface area contributed by atoms with Gasteiger partial charge in [-0.1, -0.05) is 6.92 Å². The van der Waals surface area contributed by atoms with E-state index in [4.69, 9.17) is 4.74 Å². The summed E-state index contributed by atoms with van der Waals surface area (Å²) in [6.07, 6.45) is 8.80. The Labute approximate surface area is 206 Å². The molecule has 0 radical (unpaired) electrons. The van der Waals surface area contributed by atoms with E-state index < -0.39 is 12.0 Å². The van der Waals surface area contributed by atoms with Crippen molar-refractivity contribution in [3.8, 4) is 11.5 Å². The molecule has 5 atom stereocenters. The maximum Gasteiger partial charge on any atom is 0.326 e. The van der Waals surface area contributed by atoms with Gasteiger partial charge in [-0.2, -0.15) is 11.8 Å². The van der Waals surface area contributed by atoms with Gasteiger partial charge in [0.1, 0.15) is 23.1 Å². The van der Waals surface area contributed by atoms with Crippen molar-refractivity contribution in [1.29, 1.82) is 0 Å². The normalized spacial score (nSPS) is 30.1. The Hall–Kier alpha value is -1.89. The molecular formula is C27H37NO5S. The Kier molecular flexibility index (Phi) is 6.51. The number of likely N-dealkylation sites (tertiary alicyclic amines) is 1. The predicted molar refractivity (Wildman–Crippen MR) is 133 cm³/mol. The number of aryl methyl sites for hydroxylation is 1. The number of carboxylic acids is 1. The molecule has 2 fully saturated rings. The van der Waals surface area contributed by atoms with E-state index in [1.165, 1.54) is 24.0 Å². The standard InChI is InChI=1S/C27H37NO5S/c1-16(25(30)28-11-3-5-20(28)26(31)32)15-34-12-4-9-27(2)10-8-19-14-21(29)22-17-6-7-18(13-17)23(22)24(19)33-27/h14,16-18,20,29H,3-13,15H2,1-2H3,(H,31,32). The van der Waals surface area contributed by atoms with Gasteiger partial charge in [0, 0.05) is 29.3 Å². The summed E-state index contributed by atoms with van der Waals surface area (Å²) in [5.74, 6) is 3.22. The molecule has 1 saturated carbocycles. The lowest BCUT2D eigenvalue weighted by molar-refractivity contribution is -0.149. The number of ether oxygens (including phenoxy) is 1. The molecule has 5 rings (SSSR count). The van der Waals surface area contributed by atoms with E-state index in [0.29, 0.717) is 30.6 Å². The number of phenolic OH excluding ortho intramolecular Hbond substituents is 1. The first kappa shape index (κ1) is 23.8. The maximum absolute atomic E-state index is 12.7. The van der Waals surface area contributed by atoms with Gasteiger partial charge >= 0.3 is 5.97 Å². The number of fused-ring (bicyclic) bond motifs is 7. The third kappa shape index (κ3) is 4.29. The third-order valence-electron chi connectivity index (χ3n) is 8.54. The summed E-state index contributed by atoms with van der Waals surface area (Å²) in [6, 6.07) is 1.31. The number of carbonyl (C=O) groups is 2. The lowest BCUT2D eigenvalue weighted by Gasteiger charge is -2.38. The smallest absolute Gasteiger partial charge is 0.326 e. The molecule has 0 aromatic heterocycles. The van der Waals surface area contributed by atoms with Gasteiger partial charge in [-0.05, 0) is 93.9 Å². The molecule has 2 heterocycles. The fourth-order valence-electron chi connectivity index (χ4n) is 6.71. The first-order valence-electron chi connectivity index (χ1n) is 13.0. The van der Waals surface area contributed by atoms with Crippen LogP contribution >= 0.6 is 11.8 Å². The van der Waals surface area contributed by atoms with Crippen LogP contribution < -0.4 is 4.74 Å². The molecule has 1 amide bonds. The molecule has 6 nitrogen and oxygen atoms in total. The van der Waals surface area contributed by atoms with Crippen molar-refractivity contribution in [2.45, 2.75) is 95.1 Å². The third-order valence-corrected chi connectivity index (χ3v) is 9.85. The predicted octanol–water partition coefficient (Wildman–Crippen LogP) is 5.07. The van der Waals surface area contributed by atoms with Crippen molar-refractivity contribution < 1.29 is 24.5 Å². The number of aromatic hydroxyl groups is 1. The average molecular weight is 488 g/mol. The summed E-state index contributed by atoms with van der Waals surface area (Å²) in [5, 5.41) is 20.0. The number of thioether (sulfide) groups is 1. The van der Waals surface area contributed by atoms with Crippen LogP contribution in [0.2, 0.25) is 0 Å². The van der Waals surface area contributed by atoms with Gasteiger partial charge < -0.3 is 19.8 Å². The van der Waals surface area contributed by atoms with E-state index in [1.807, 2.05) is 13.0 Å². The van der Waals surface area contributed by atoms with Gasteiger partial charge in [-0.25, -0.2) is 4.79 Å². The van der Waals surface area contributed by atoms with E-state index in [2.05, 4.69) is 6.92 Å². The molecule has 7 heteroatoms. The number of carboxylic acid groups (broad SMARTS) is 1. The SMILES string of the molecule is CC(CSCCCC1(C)CCc2cc(O)c3c(c2O1)C1CCC3C1)C(=O)N1CCCC1C(=O)O. The topological polar surface area (TPSA) is 87.1 Å². The molecule has 1 aromatic rings. The van der Waals surface area contributed by atoms with Crippen molar-refractivity contribution >= 4 is 23.6 Å². The summed E-state index contributed by atoms with van der Waals surface area (Å²) in [4.78, 5) is 25.7. The quantitative estimate of drug-likeness (QED) is 0.498. The molecular weight excluding hydrogens is 450 g/mol. The van der Waals surface area contributed by atoms with Crippen LogP contribution in [0.1, 0.15) is 93.7 Å². The number of rotatable bonds is 8. The fraction of sp³-hybridized carbons (Fsp3) is 0.704. The van der Waals surface area contributed by atoms with Crippen LogP contribution in [0.4, 0.5) is 0 Å². The van der Waals surface area contributed by atoms with Gasteiger partial charge in [-0.15, -0.1) is 0 Å². The molecule has 2 aliphatic carbocycles. The van der Waals surface area contributed by atoms with E-state index in [0.717, 1.165) is 61.3 Å². The van der Waals surface area contributed by atoms with Crippen LogP contribution in [0.3, 0.4) is 0 Å². The zero-order chi connectivity index (χ0) is 24.0. The molecule has 4 aliphatic rings. The molecule has 186 valence electrons. The van der Waals surface area contributed by atoms with Crippen molar-refractivity contribution in [3.05, 3.63) is 22.8 Å². The van der Waals surface area contributed by atoms with Crippen molar-refractivity contribution in [2.75, 3.05) is 18.1 Å². The molecule has 5 unspecified atom stereocenters. The minimum Gasteiger partial charge on any atom is -0.508 e. The fourth-order valence-corrected chi connectivity index (χ4v) is 7.72. The molecule has 1 aromatic carbocycles. The molecule has 2 bridgehead atoms. The van der Waals surface area contributed by atoms with E-state index >= 15 is 0 Å². The number of aliphatic carboxylic acids is 1. The molecule has 0 spiro atoms. The first-order valence-corrected chi connectivity index (χ1v) is 14.1. The molecule has 34 heavy (non-hydrogen) atoms. The molecule has 2 aliphatic heterocycles. The summed E-state index contributed by atoms with van der Waals surface area (Å²) >= 11 is 1.78. The highest BCUT2D eigenvalue weighted by Crippen LogP contribution is 2.60. The lowest BCUT2D eigenvalue weighted by atomic mass is 9.83. The van der Waals surface area contributed by atoms with Crippen LogP contribution in [-0.2, 0) is 16.0 Å². The monoisotopic (exact) mass is 487 g/mol. The summed E-state index contributed by atoms with van der Waals surface area (Å²) in [5.41, 5.74) is 3.45. The Balaban J connectivity index is 1.12. The number of hydrogen-bond donors (Lipinski definition) is 2. The Morgan fingerprint density at radius 1 is 1.26 bits per heavy atom. The maximum atomic E-state index is 12.7. The number of benzene rings is 1. The summed E-state index contributed by atoms with van der Waals surface area (Å²) < 4.78 is 6.70. The van der Waals surface area contributed by atoms with Crippen LogP contribution in [0.15, 0.2) is 6.07 Å². The number of phenols is 1. The van der Waals surface area contributed by atoms with E-state index in [1.54, 1.807) is 16.7 Å². The highest BCUT2D eigenvalue weighted by atomic mass is 32.2. The first-order chi connectivity index (χ1) is 16.3. The van der Waals surface area contributed by atoms with E-state index in [9.17, 15) is 19.8 Å². The number of carbonyl (C=O) groups excluding carboxylic acids is 1. The number of hydrogen-bond acceptors (Lipinski definition) is 5. The second-order valence-corrected chi connectivity index (χ2v) is 12.2. The number of amides is 1. The Morgan fingerprint density at radius 2 is 2.03 bits per heavy atom. The van der Waals surface area contributed by atoms with Crippen molar-refractivity contribution in [2.24, 2.45) is 5.92 Å². The minimum atomic E-state index is -0.887. The van der Waals surface area contributed by atoms with Gasteiger partial charge in [0.2, 0.25) is 5.91 Å². The summed E-state index contributed by atoms with van der Waals surface area (Å²) in [7, 11) is 0. The van der Waals surface area contributed by atoms with Crippen LogP contribution in [0.5, 0.6) is 11.5 Å². The van der Waals surface area contributed by atoms with Crippen molar-refractivity contribution in [1.82, 2.24) is 4.90 Å². The van der Waals surface area contributed by atoms with Gasteiger partial charge in [0.15, 0.2) is 0 Å². The van der Waals surface area contributed by atoms with E-state index in [-0.39, 0.29) is 17.4 Å². The van der Waals surface area contributed by atoms with Crippen LogP contribution in [0, 0.1) is 5.92 Å². The Morgan fingerprint density at radius 3 is 2.79 bits per heavy atom. The zero-order valence-corrected chi connectivity index (χ0v) is 21.2. The second-order valence-electron chi connectivity index (χ2n) is 11.1. The van der Waals surface area contributed by atoms with Gasteiger partial charge in [0.25, 0.3) is 0 Å². The highest BCUT2D eigenvalue weighted by molar-refractivity contribution is 7.99. The Bertz CT molecular complexity index is 980. The van der Waals surface area contributed by atoms with Crippen LogP contribution in [-0.4, -0.2) is 56.7 Å². The summed E-state index contributed by atoms with van der Waals surface area (Å²) in [6.45, 7) is 4.70. The van der Waals surface area contributed by atoms with Gasteiger partial charge in [0.05, 0.1) is 0 Å². The highest BCUT2D eigenvalue weighted by Gasteiger charge is 2.44. The second kappa shape index (κ2) is 9.29. The lowest BCUT2D eigenvalue weighted by Crippen LogP contribution is -2.43. The molecule has 2 N–H and O–H groups in total. The average Bonchev–Trinajstić information content (AvgIpc) is 3.55. The number of nitrogens with zero attached hydrogens (tertiary/aromatic N) is 1. The van der Waals surface area contributed by atoms with Crippen molar-refractivity contribution in [3.63, 3.8) is 0 Å². The van der Waals surface area contributed by atoms with Crippen LogP contribution in [0.25, 0.3) is 0 Å². The molecule has 1 saturated heterocycles. The zero-order valence-electron chi connectivity index (χ0n) is 20.3. The largest absolute Gasteiger partial charge is 0.508 e. The van der Waals surface area contributed by atoms with Gasteiger partial charge in [-0.3, -0.25) is 4.79 Å². The minimum absolute atomic E-state index is 0.0250.